The Bertz CT molecular complexity index is 685. The zero-order valence-electron chi connectivity index (χ0n) is 14.1. The summed E-state index contributed by atoms with van der Waals surface area (Å²) in [5.74, 6) is 1.57. The van der Waals surface area contributed by atoms with Crippen LogP contribution in [0.2, 0.25) is 0 Å². The van der Waals surface area contributed by atoms with Gasteiger partial charge in [-0.3, -0.25) is 4.79 Å². The van der Waals surface area contributed by atoms with Crippen molar-refractivity contribution >= 4 is 23.4 Å². The molecule has 0 aliphatic carbocycles. The number of carbonyl (C=O) groups excluding carboxylic acids is 1. The van der Waals surface area contributed by atoms with Crippen molar-refractivity contribution in [1.82, 2.24) is 0 Å². The van der Waals surface area contributed by atoms with Crippen LogP contribution < -0.4 is 10.1 Å². The van der Waals surface area contributed by atoms with Crippen molar-refractivity contribution in [3.63, 3.8) is 0 Å². The average molecular weight is 329 g/mol. The summed E-state index contributed by atoms with van der Waals surface area (Å²) in [7, 11) is 0. The number of hydrogen-bond acceptors (Lipinski definition) is 3. The van der Waals surface area contributed by atoms with Gasteiger partial charge in [0.05, 0.1) is 5.69 Å². The van der Waals surface area contributed by atoms with Crippen molar-refractivity contribution in [2.75, 3.05) is 11.1 Å². The number of aryl methyl sites for hydroxylation is 2. The van der Waals surface area contributed by atoms with E-state index in [1.807, 2.05) is 56.3 Å². The molecule has 0 aliphatic rings. The number of ether oxygens (including phenoxy) is 1. The maximum Gasteiger partial charge on any atom is 0.265 e. The van der Waals surface area contributed by atoms with Crippen molar-refractivity contribution in [3.05, 3.63) is 53.6 Å². The summed E-state index contributed by atoms with van der Waals surface area (Å²) >= 11 is 1.71. The topological polar surface area (TPSA) is 38.3 Å². The van der Waals surface area contributed by atoms with Gasteiger partial charge in [0, 0.05) is 4.90 Å². The van der Waals surface area contributed by atoms with Crippen LogP contribution in [-0.2, 0) is 4.79 Å². The second-order valence-corrected chi connectivity index (χ2v) is 6.75. The second-order valence-electron chi connectivity index (χ2n) is 5.45. The molecule has 0 aromatic heterocycles. The predicted octanol–water partition coefficient (Wildman–Crippen LogP) is 4.82. The maximum atomic E-state index is 12.4. The Kier molecular flexibility index (Phi) is 6.11. The SMILES string of the molecule is CCSc1ccccc1NC(=O)[C@H](C)Oc1cc(C)ccc1C. The first kappa shape index (κ1) is 17.4. The van der Waals surface area contributed by atoms with E-state index in [1.165, 1.54) is 0 Å². The Hall–Kier alpha value is -1.94. The lowest BCUT2D eigenvalue weighted by Crippen LogP contribution is -2.30. The van der Waals surface area contributed by atoms with Gasteiger partial charge in [0.25, 0.3) is 5.91 Å². The molecule has 3 nitrogen and oxygen atoms in total. The van der Waals surface area contributed by atoms with Gasteiger partial charge >= 0.3 is 0 Å². The van der Waals surface area contributed by atoms with E-state index in [0.717, 1.165) is 33.2 Å². The molecule has 0 fully saturated rings. The standard InChI is InChI=1S/C19H23NO2S/c1-5-23-18-9-7-6-8-16(18)20-19(21)15(4)22-17-12-13(2)10-11-14(17)3/h6-12,15H,5H2,1-4H3,(H,20,21)/t15-/m0/s1. The number of thioether (sulfide) groups is 1. The molecule has 1 amide bonds. The van der Waals surface area contributed by atoms with Crippen LogP contribution in [0.4, 0.5) is 5.69 Å². The molecule has 0 aliphatic heterocycles. The molecule has 0 heterocycles. The summed E-state index contributed by atoms with van der Waals surface area (Å²) in [5, 5.41) is 2.96. The second kappa shape index (κ2) is 8.06. The Morgan fingerprint density at radius 2 is 1.96 bits per heavy atom. The van der Waals surface area contributed by atoms with Gasteiger partial charge in [-0.2, -0.15) is 0 Å². The largest absolute Gasteiger partial charge is 0.481 e. The first-order chi connectivity index (χ1) is 11.0. The van der Waals surface area contributed by atoms with E-state index in [4.69, 9.17) is 4.74 Å². The highest BCUT2D eigenvalue weighted by molar-refractivity contribution is 7.99. The summed E-state index contributed by atoms with van der Waals surface area (Å²) in [5.41, 5.74) is 2.97. The Balaban J connectivity index is 2.07. The van der Waals surface area contributed by atoms with E-state index >= 15 is 0 Å². The van der Waals surface area contributed by atoms with Gasteiger partial charge in [-0.25, -0.2) is 0 Å². The molecule has 23 heavy (non-hydrogen) atoms. The van der Waals surface area contributed by atoms with Gasteiger partial charge in [0.15, 0.2) is 6.10 Å². The normalized spacial score (nSPS) is 11.8. The Morgan fingerprint density at radius 3 is 2.70 bits per heavy atom. The molecule has 2 aromatic rings. The van der Waals surface area contributed by atoms with E-state index in [2.05, 4.69) is 12.2 Å². The van der Waals surface area contributed by atoms with Crippen molar-refractivity contribution in [2.24, 2.45) is 0 Å². The lowest BCUT2D eigenvalue weighted by Gasteiger charge is -2.17. The molecule has 2 rings (SSSR count). The van der Waals surface area contributed by atoms with Crippen LogP contribution in [-0.4, -0.2) is 17.8 Å². The number of anilines is 1. The summed E-state index contributed by atoms with van der Waals surface area (Å²) < 4.78 is 5.84. The minimum Gasteiger partial charge on any atom is -0.481 e. The molecule has 122 valence electrons. The molecule has 0 radical (unpaired) electrons. The van der Waals surface area contributed by atoms with Crippen LogP contribution in [0.1, 0.15) is 25.0 Å². The molecule has 1 N–H and O–H groups in total. The number of para-hydroxylation sites is 1. The molecule has 0 saturated heterocycles. The van der Waals surface area contributed by atoms with Crippen molar-refractivity contribution < 1.29 is 9.53 Å². The summed E-state index contributed by atoms with van der Waals surface area (Å²) in [6.07, 6.45) is -0.560. The first-order valence-corrected chi connectivity index (χ1v) is 8.76. The van der Waals surface area contributed by atoms with Gasteiger partial charge in [0.1, 0.15) is 5.75 Å². The lowest BCUT2D eigenvalue weighted by atomic mass is 10.1. The van der Waals surface area contributed by atoms with Gasteiger partial charge in [-0.05, 0) is 55.9 Å². The quantitative estimate of drug-likeness (QED) is 0.772. The van der Waals surface area contributed by atoms with Gasteiger partial charge in [-0.15, -0.1) is 11.8 Å². The van der Waals surface area contributed by atoms with Crippen molar-refractivity contribution in [2.45, 2.75) is 38.7 Å². The van der Waals surface area contributed by atoms with Crippen LogP contribution in [0.25, 0.3) is 0 Å². The smallest absolute Gasteiger partial charge is 0.265 e. The highest BCUT2D eigenvalue weighted by atomic mass is 32.2. The summed E-state index contributed by atoms with van der Waals surface area (Å²) in [4.78, 5) is 13.5. The number of hydrogen-bond donors (Lipinski definition) is 1. The van der Waals surface area contributed by atoms with E-state index in [1.54, 1.807) is 18.7 Å². The minimum absolute atomic E-state index is 0.143. The molecule has 0 saturated carbocycles. The first-order valence-electron chi connectivity index (χ1n) is 7.78. The van der Waals surface area contributed by atoms with Crippen LogP contribution >= 0.6 is 11.8 Å². The molecule has 0 bridgehead atoms. The van der Waals surface area contributed by atoms with Crippen molar-refractivity contribution in [3.8, 4) is 5.75 Å². The van der Waals surface area contributed by atoms with Crippen LogP contribution in [0.15, 0.2) is 47.4 Å². The van der Waals surface area contributed by atoms with Gasteiger partial charge < -0.3 is 10.1 Å². The van der Waals surface area contributed by atoms with E-state index in [9.17, 15) is 4.79 Å². The predicted molar refractivity (Wildman–Crippen MR) is 97.5 cm³/mol. The zero-order chi connectivity index (χ0) is 16.8. The highest BCUT2D eigenvalue weighted by Crippen LogP contribution is 2.27. The van der Waals surface area contributed by atoms with Gasteiger partial charge in [0.2, 0.25) is 0 Å². The van der Waals surface area contributed by atoms with E-state index in [0.29, 0.717) is 0 Å². The van der Waals surface area contributed by atoms with Crippen LogP contribution in [0, 0.1) is 13.8 Å². The molecule has 0 unspecified atom stereocenters. The van der Waals surface area contributed by atoms with Crippen LogP contribution in [0.5, 0.6) is 5.75 Å². The fourth-order valence-electron chi connectivity index (χ4n) is 2.16. The lowest BCUT2D eigenvalue weighted by molar-refractivity contribution is -0.122. The molecule has 4 heteroatoms. The molecular weight excluding hydrogens is 306 g/mol. The summed E-state index contributed by atoms with van der Waals surface area (Å²) in [6.45, 7) is 7.85. The number of benzene rings is 2. The minimum atomic E-state index is -0.560. The molecule has 0 spiro atoms. The highest BCUT2D eigenvalue weighted by Gasteiger charge is 2.17. The van der Waals surface area contributed by atoms with E-state index < -0.39 is 6.10 Å². The molecular formula is C19H23NO2S. The Morgan fingerprint density at radius 1 is 1.22 bits per heavy atom. The fraction of sp³-hybridized carbons (Fsp3) is 0.316. The molecule has 2 aromatic carbocycles. The maximum absolute atomic E-state index is 12.4. The third-order valence-electron chi connectivity index (χ3n) is 3.46. The van der Waals surface area contributed by atoms with E-state index in [-0.39, 0.29) is 5.91 Å². The molecule has 1 atom stereocenters. The third kappa shape index (κ3) is 4.76. The zero-order valence-corrected chi connectivity index (χ0v) is 14.9. The number of rotatable bonds is 6. The number of amides is 1. The van der Waals surface area contributed by atoms with Gasteiger partial charge in [-0.1, -0.05) is 31.2 Å². The Labute approximate surface area is 142 Å². The summed E-state index contributed by atoms with van der Waals surface area (Å²) in [6, 6.07) is 13.8. The average Bonchev–Trinajstić information content (AvgIpc) is 2.53. The number of carbonyl (C=O) groups is 1. The fourth-order valence-corrected chi connectivity index (χ4v) is 2.92. The number of nitrogens with one attached hydrogen (secondary N) is 1. The monoisotopic (exact) mass is 329 g/mol. The van der Waals surface area contributed by atoms with Crippen molar-refractivity contribution in [1.29, 1.82) is 0 Å². The third-order valence-corrected chi connectivity index (χ3v) is 4.42. The van der Waals surface area contributed by atoms with Crippen LogP contribution in [0.3, 0.4) is 0 Å².